The zero-order chi connectivity index (χ0) is 42.5. The molecule has 0 spiro atoms. The lowest BCUT2D eigenvalue weighted by atomic mass is 9.42. The van der Waals surface area contributed by atoms with E-state index < -0.39 is 0 Å². The Morgan fingerprint density at radius 1 is 0.525 bits per heavy atom. The van der Waals surface area contributed by atoms with Crippen molar-refractivity contribution in [2.75, 3.05) is 9.71 Å². The Hall–Kier alpha value is -6.00. The zero-order valence-corrected chi connectivity index (χ0v) is 37.6. The first kappa shape index (κ1) is 38.0. The highest BCUT2D eigenvalue weighted by Gasteiger charge is 2.50. The zero-order valence-electron chi connectivity index (χ0n) is 37.6. The van der Waals surface area contributed by atoms with Crippen molar-refractivity contribution in [3.8, 4) is 22.3 Å². The second-order valence-electron chi connectivity index (χ2n) is 21.4. The van der Waals surface area contributed by atoms with Crippen LogP contribution in [0.1, 0.15) is 104 Å². The summed E-state index contributed by atoms with van der Waals surface area (Å²) in [5, 5.41) is 2.31. The van der Waals surface area contributed by atoms with E-state index in [1.54, 1.807) is 0 Å². The first-order chi connectivity index (χ1) is 28.9. The van der Waals surface area contributed by atoms with Crippen molar-refractivity contribution in [2.45, 2.75) is 97.8 Å². The summed E-state index contributed by atoms with van der Waals surface area (Å²) in [5.74, 6) is 0. The summed E-state index contributed by atoms with van der Waals surface area (Å²) >= 11 is 0. The number of rotatable bonds is 2. The lowest BCUT2D eigenvalue weighted by Crippen LogP contribution is -2.62. The minimum atomic E-state index is -0.241. The topological polar surface area (TPSA) is 19.6 Å². The molecule has 2 aliphatic heterocycles. The van der Waals surface area contributed by atoms with Gasteiger partial charge in [-0.15, -0.1) is 0 Å². The number of furan rings is 1. The van der Waals surface area contributed by atoms with E-state index in [9.17, 15) is 0 Å². The Morgan fingerprint density at radius 3 is 1.80 bits per heavy atom. The van der Waals surface area contributed by atoms with E-state index in [1.807, 2.05) is 0 Å². The average Bonchev–Trinajstić information content (AvgIpc) is 3.71. The van der Waals surface area contributed by atoms with Crippen LogP contribution in [0, 0.1) is 0 Å². The Bertz CT molecular complexity index is 3110. The van der Waals surface area contributed by atoms with Crippen LogP contribution in [-0.2, 0) is 21.7 Å². The number of fused-ring (bicyclic) bond motifs is 12. The fourth-order valence-electron chi connectivity index (χ4n) is 10.9. The van der Waals surface area contributed by atoms with Crippen LogP contribution in [0.4, 0.5) is 28.4 Å². The maximum Gasteiger partial charge on any atom is 0.333 e. The first-order valence-electron chi connectivity index (χ1n) is 22.1. The number of nitrogens with zero attached hydrogens (tertiary/aromatic N) is 2. The summed E-state index contributed by atoms with van der Waals surface area (Å²) in [6.45, 7) is 25.6. The number of para-hydroxylation sites is 1. The highest BCUT2D eigenvalue weighted by Crippen LogP contribution is 2.59. The summed E-state index contributed by atoms with van der Waals surface area (Å²) < 4.78 is 6.75. The molecule has 302 valence electrons. The summed E-state index contributed by atoms with van der Waals surface area (Å²) in [7, 11) is 0. The standard InChI is InChI=1S/C57H55BN2O/c1-54(2,3)34-20-25-37(26-21-34)59-45-30-24-36(56(7,8)9)32-44(45)58-52-46(59)33-42-39-16-12-14-18-43(39)57(10,11)51(42)50(52)41-29-31-48-49(40-17-13-15-19-47(40)61-48)53(41)60(58)38-27-22-35(23-28-38)55(4,5)6/h12-33H,1-11H3. The van der Waals surface area contributed by atoms with Crippen molar-refractivity contribution in [3.05, 3.63) is 161 Å². The minimum absolute atomic E-state index is 0.0232. The highest BCUT2D eigenvalue weighted by molar-refractivity contribution is 6.94. The molecule has 3 nitrogen and oxygen atoms in total. The molecule has 0 amide bonds. The van der Waals surface area contributed by atoms with Gasteiger partial charge in [0.15, 0.2) is 0 Å². The quantitative estimate of drug-likeness (QED) is 0.163. The average molecular weight is 795 g/mol. The van der Waals surface area contributed by atoms with Crippen LogP contribution in [0.5, 0.6) is 0 Å². The molecule has 0 radical (unpaired) electrons. The Morgan fingerprint density at radius 2 is 1.13 bits per heavy atom. The molecule has 3 aliphatic rings. The molecule has 8 aromatic rings. The van der Waals surface area contributed by atoms with Gasteiger partial charge in [-0.05, 0) is 126 Å². The number of anilines is 5. The molecule has 61 heavy (non-hydrogen) atoms. The third-order valence-electron chi connectivity index (χ3n) is 14.1. The fourth-order valence-corrected chi connectivity index (χ4v) is 10.9. The van der Waals surface area contributed by atoms with Gasteiger partial charge < -0.3 is 14.1 Å². The second kappa shape index (κ2) is 12.5. The van der Waals surface area contributed by atoms with Crippen LogP contribution in [0.25, 0.3) is 44.2 Å². The largest absolute Gasteiger partial charge is 0.456 e. The van der Waals surface area contributed by atoms with E-state index in [0.717, 1.165) is 16.6 Å². The van der Waals surface area contributed by atoms with Crippen LogP contribution >= 0.6 is 0 Å². The van der Waals surface area contributed by atoms with Crippen molar-refractivity contribution in [1.29, 1.82) is 0 Å². The molecular formula is C57H55BN2O. The van der Waals surface area contributed by atoms with E-state index in [0.29, 0.717) is 0 Å². The molecule has 11 rings (SSSR count). The summed E-state index contributed by atoms with van der Waals surface area (Å²) in [4.78, 5) is 5.26. The van der Waals surface area contributed by atoms with Gasteiger partial charge in [-0.2, -0.15) is 0 Å². The maximum atomic E-state index is 6.75. The van der Waals surface area contributed by atoms with Gasteiger partial charge in [-0.3, -0.25) is 0 Å². The van der Waals surface area contributed by atoms with Gasteiger partial charge in [0.1, 0.15) is 11.2 Å². The van der Waals surface area contributed by atoms with Crippen molar-refractivity contribution < 1.29 is 4.42 Å². The van der Waals surface area contributed by atoms with Crippen molar-refractivity contribution in [2.24, 2.45) is 0 Å². The normalized spacial score (nSPS) is 15.2. The lowest BCUT2D eigenvalue weighted by molar-refractivity contribution is 0.590. The molecule has 0 unspecified atom stereocenters. The van der Waals surface area contributed by atoms with E-state index >= 15 is 0 Å². The maximum absolute atomic E-state index is 6.75. The monoisotopic (exact) mass is 794 g/mol. The Balaban J connectivity index is 1.34. The molecule has 0 saturated heterocycles. The third-order valence-corrected chi connectivity index (χ3v) is 14.1. The minimum Gasteiger partial charge on any atom is -0.456 e. The third kappa shape index (κ3) is 5.43. The lowest BCUT2D eigenvalue weighted by Gasteiger charge is -2.47. The van der Waals surface area contributed by atoms with Gasteiger partial charge in [0, 0.05) is 44.8 Å². The van der Waals surface area contributed by atoms with Gasteiger partial charge in [0.05, 0.1) is 5.39 Å². The van der Waals surface area contributed by atoms with E-state index in [4.69, 9.17) is 4.42 Å². The SMILES string of the molecule is CC(C)(C)c1ccc(N2B3c4cc(C(C)(C)C)ccc4N(c4ccc(C(C)(C)C)cc4)c4cc5c(c(c43)-c3ccc4oc6ccccc6c4c32)C(C)(C)c2ccccc2-5)cc1. The smallest absolute Gasteiger partial charge is 0.333 e. The fraction of sp³-hybridized carbons (Fsp3) is 0.263. The van der Waals surface area contributed by atoms with Crippen LogP contribution in [0.15, 0.2) is 138 Å². The molecule has 1 aliphatic carbocycles. The molecule has 4 heteroatoms. The summed E-state index contributed by atoms with van der Waals surface area (Å²) in [5.41, 5.74) is 22.3. The number of hydrogen-bond acceptors (Lipinski definition) is 3. The van der Waals surface area contributed by atoms with Crippen LogP contribution in [-0.4, -0.2) is 6.85 Å². The van der Waals surface area contributed by atoms with Crippen molar-refractivity contribution in [3.63, 3.8) is 0 Å². The van der Waals surface area contributed by atoms with Gasteiger partial charge >= 0.3 is 6.85 Å². The molecule has 0 fully saturated rings. The van der Waals surface area contributed by atoms with E-state index in [1.165, 1.54) is 94.8 Å². The van der Waals surface area contributed by atoms with Gasteiger partial charge in [0.25, 0.3) is 0 Å². The molecule has 0 bridgehead atoms. The van der Waals surface area contributed by atoms with Crippen LogP contribution in [0.3, 0.4) is 0 Å². The van der Waals surface area contributed by atoms with Crippen LogP contribution in [0.2, 0.25) is 0 Å². The Labute approximate surface area is 362 Å². The van der Waals surface area contributed by atoms with E-state index in [-0.39, 0.29) is 28.5 Å². The second-order valence-corrected chi connectivity index (χ2v) is 21.4. The molecule has 1 aromatic heterocycles. The molecule has 7 aromatic carbocycles. The van der Waals surface area contributed by atoms with Crippen molar-refractivity contribution in [1.82, 2.24) is 0 Å². The van der Waals surface area contributed by atoms with Gasteiger partial charge in [0.2, 0.25) is 0 Å². The van der Waals surface area contributed by atoms with E-state index in [2.05, 4.69) is 219 Å². The molecule has 3 heterocycles. The number of benzene rings is 7. The van der Waals surface area contributed by atoms with Crippen LogP contribution < -0.4 is 20.6 Å². The first-order valence-corrected chi connectivity index (χ1v) is 22.1. The predicted molar refractivity (Wildman–Crippen MR) is 261 cm³/mol. The predicted octanol–water partition coefficient (Wildman–Crippen LogP) is 14.5. The van der Waals surface area contributed by atoms with Gasteiger partial charge in [-0.1, -0.05) is 155 Å². The van der Waals surface area contributed by atoms with Crippen molar-refractivity contribution >= 4 is 68.1 Å². The Kier molecular flexibility index (Phi) is 7.80. The van der Waals surface area contributed by atoms with Gasteiger partial charge in [-0.25, -0.2) is 0 Å². The molecule has 0 atom stereocenters. The molecular weight excluding hydrogens is 739 g/mol. The molecule has 0 saturated carbocycles. The number of hydrogen-bond donors (Lipinski definition) is 0. The summed E-state index contributed by atoms with van der Waals surface area (Å²) in [6.07, 6.45) is 0. The highest BCUT2D eigenvalue weighted by atomic mass is 16.3. The molecule has 0 N–H and O–H groups in total. The summed E-state index contributed by atoms with van der Waals surface area (Å²) in [6, 6.07) is 51.0.